The van der Waals surface area contributed by atoms with Crippen LogP contribution in [0.15, 0.2) is 22.4 Å². The third-order valence-electron chi connectivity index (χ3n) is 2.51. The van der Waals surface area contributed by atoms with Gasteiger partial charge in [0.15, 0.2) is 0 Å². The average Bonchev–Trinajstić information content (AvgIpc) is 2.06. The third kappa shape index (κ3) is 2.09. The van der Waals surface area contributed by atoms with Gasteiger partial charge >= 0.3 is 0 Å². The predicted molar refractivity (Wildman–Crippen MR) is 61.9 cm³/mol. The number of hydrogen-bond donors (Lipinski definition) is 1. The predicted octanol–water partition coefficient (Wildman–Crippen LogP) is 4.22. The maximum Gasteiger partial charge on any atom is 0.0972 e. The number of aliphatic hydroxyl groups is 1. The lowest BCUT2D eigenvalue weighted by Gasteiger charge is -2.30. The number of hydrogen-bond acceptors (Lipinski definition) is 1. The van der Waals surface area contributed by atoms with Gasteiger partial charge in [-0.15, -0.1) is 11.6 Å². The summed E-state index contributed by atoms with van der Waals surface area (Å²) in [7, 11) is 0. The molecule has 1 N–H and O–H groups in total. The van der Waals surface area contributed by atoms with Crippen LogP contribution in [0.2, 0.25) is 0 Å². The van der Waals surface area contributed by atoms with Gasteiger partial charge in [-0.1, -0.05) is 39.3 Å². The van der Waals surface area contributed by atoms with Crippen LogP contribution in [-0.4, -0.2) is 10.5 Å². The zero-order chi connectivity index (χ0) is 11.1. The second-order valence-corrected chi connectivity index (χ2v) is 5.65. The maximum absolute atomic E-state index is 9.68. The highest BCUT2D eigenvalue weighted by Gasteiger charge is 2.32. The van der Waals surface area contributed by atoms with Crippen molar-refractivity contribution in [2.45, 2.75) is 33.1 Å². The second-order valence-electron chi connectivity index (χ2n) is 4.77. The molecule has 1 rings (SSSR count). The fourth-order valence-corrected chi connectivity index (χ4v) is 2.21. The highest BCUT2D eigenvalue weighted by atomic mass is 35.5. The maximum atomic E-state index is 9.68. The molecule has 1 aliphatic carbocycles. The first-order valence-electron chi connectivity index (χ1n) is 4.70. The summed E-state index contributed by atoms with van der Waals surface area (Å²) in [4.78, 5) is 0. The summed E-state index contributed by atoms with van der Waals surface area (Å²) in [6, 6.07) is 0. The Balaban J connectivity index is 3.18. The van der Waals surface area contributed by atoms with Crippen LogP contribution >= 0.6 is 23.2 Å². The molecule has 0 fully saturated rings. The largest absolute Gasteiger partial charge is 0.512 e. The Morgan fingerprint density at radius 2 is 1.86 bits per heavy atom. The fourth-order valence-electron chi connectivity index (χ4n) is 1.44. The molecule has 80 valence electrons. The fraction of sp³-hybridized carbons (Fsp3) is 0.636. The minimum atomic E-state index is -0.309. The summed E-state index contributed by atoms with van der Waals surface area (Å²) in [6.07, 6.45) is 1.74. The van der Waals surface area contributed by atoms with E-state index < -0.39 is 0 Å². The van der Waals surface area contributed by atoms with E-state index in [1.165, 1.54) is 0 Å². The quantitative estimate of drug-likeness (QED) is 0.623. The molecule has 1 nitrogen and oxygen atoms in total. The van der Waals surface area contributed by atoms with E-state index in [1.807, 2.05) is 27.7 Å². The Morgan fingerprint density at radius 1 is 1.36 bits per heavy atom. The Kier molecular flexibility index (Phi) is 3.23. The molecule has 0 amide bonds. The van der Waals surface area contributed by atoms with E-state index in [1.54, 1.807) is 6.08 Å². The van der Waals surface area contributed by atoms with E-state index in [4.69, 9.17) is 23.2 Å². The Bertz CT molecular complexity index is 297. The van der Waals surface area contributed by atoms with Gasteiger partial charge < -0.3 is 5.11 Å². The average molecular weight is 235 g/mol. The van der Waals surface area contributed by atoms with Gasteiger partial charge in [0, 0.05) is 11.0 Å². The van der Waals surface area contributed by atoms with E-state index in [-0.39, 0.29) is 16.7 Å². The molecule has 2 unspecified atom stereocenters. The van der Waals surface area contributed by atoms with Crippen LogP contribution < -0.4 is 0 Å². The summed E-state index contributed by atoms with van der Waals surface area (Å²) in [5, 5.41) is 10.0. The lowest BCUT2D eigenvalue weighted by molar-refractivity contribution is 0.333. The smallest absolute Gasteiger partial charge is 0.0972 e. The van der Waals surface area contributed by atoms with Crippen LogP contribution in [0.1, 0.15) is 27.7 Å². The SMILES string of the molecule is CC1C(O)=CC(C(C)(C)C)=C(Cl)C1Cl. The van der Waals surface area contributed by atoms with Crippen molar-refractivity contribution in [2.24, 2.45) is 11.3 Å². The number of halogens is 2. The van der Waals surface area contributed by atoms with Crippen LogP contribution in [0, 0.1) is 11.3 Å². The zero-order valence-electron chi connectivity index (χ0n) is 8.94. The third-order valence-corrected chi connectivity index (χ3v) is 3.65. The number of aliphatic hydroxyl groups excluding tert-OH is 1. The first-order valence-corrected chi connectivity index (χ1v) is 5.51. The number of alkyl halides is 1. The lowest BCUT2D eigenvalue weighted by Crippen LogP contribution is -2.24. The molecule has 0 bridgehead atoms. The molecule has 0 radical (unpaired) electrons. The van der Waals surface area contributed by atoms with E-state index in [0.29, 0.717) is 10.8 Å². The highest BCUT2D eigenvalue weighted by molar-refractivity contribution is 6.38. The van der Waals surface area contributed by atoms with Gasteiger partial charge in [0.25, 0.3) is 0 Å². The molecule has 0 heterocycles. The molecule has 0 saturated carbocycles. The minimum absolute atomic E-state index is 0.0850. The molecule has 2 atom stereocenters. The Labute approximate surface area is 95.4 Å². The van der Waals surface area contributed by atoms with Crippen molar-refractivity contribution in [3.8, 4) is 0 Å². The molecular formula is C11H16Cl2O. The van der Waals surface area contributed by atoms with Gasteiger partial charge in [-0.3, -0.25) is 0 Å². The van der Waals surface area contributed by atoms with Gasteiger partial charge in [-0.25, -0.2) is 0 Å². The first kappa shape index (κ1) is 11.9. The van der Waals surface area contributed by atoms with Gasteiger partial charge in [0.05, 0.1) is 11.1 Å². The van der Waals surface area contributed by atoms with E-state index in [9.17, 15) is 5.11 Å². The lowest BCUT2D eigenvalue weighted by atomic mass is 9.81. The van der Waals surface area contributed by atoms with Crippen molar-refractivity contribution < 1.29 is 5.11 Å². The Morgan fingerprint density at radius 3 is 2.29 bits per heavy atom. The molecule has 0 aromatic rings. The number of allylic oxidation sites excluding steroid dienone is 4. The molecule has 0 spiro atoms. The molecule has 0 aromatic heterocycles. The van der Waals surface area contributed by atoms with Crippen molar-refractivity contribution in [3.63, 3.8) is 0 Å². The molecular weight excluding hydrogens is 219 g/mol. The van der Waals surface area contributed by atoms with Crippen LogP contribution in [0.5, 0.6) is 0 Å². The van der Waals surface area contributed by atoms with Crippen molar-refractivity contribution in [3.05, 3.63) is 22.4 Å². The van der Waals surface area contributed by atoms with E-state index in [2.05, 4.69) is 0 Å². The molecule has 0 aromatic carbocycles. The van der Waals surface area contributed by atoms with Crippen LogP contribution in [0.3, 0.4) is 0 Å². The monoisotopic (exact) mass is 234 g/mol. The standard InChI is InChI=1S/C11H16Cl2O/c1-6-8(14)5-7(11(2,3)4)10(13)9(6)12/h5-6,9,14H,1-4H3. The highest BCUT2D eigenvalue weighted by Crippen LogP contribution is 2.41. The minimum Gasteiger partial charge on any atom is -0.512 e. The van der Waals surface area contributed by atoms with E-state index >= 15 is 0 Å². The topological polar surface area (TPSA) is 20.2 Å². The number of rotatable bonds is 0. The molecule has 0 saturated heterocycles. The summed E-state index contributed by atoms with van der Waals surface area (Å²) in [5.74, 6) is 0.217. The summed E-state index contributed by atoms with van der Waals surface area (Å²) in [6.45, 7) is 8.02. The Hall–Kier alpha value is -0.140. The molecule has 3 heteroatoms. The summed E-state index contributed by atoms with van der Waals surface area (Å²) < 4.78 is 0. The summed E-state index contributed by atoms with van der Waals surface area (Å²) in [5.41, 5.74) is 0.841. The van der Waals surface area contributed by atoms with Crippen molar-refractivity contribution in [1.29, 1.82) is 0 Å². The van der Waals surface area contributed by atoms with Crippen molar-refractivity contribution in [1.82, 2.24) is 0 Å². The van der Waals surface area contributed by atoms with Gasteiger partial charge in [-0.2, -0.15) is 0 Å². The molecule has 0 aliphatic heterocycles. The normalized spacial score (nSPS) is 29.1. The van der Waals surface area contributed by atoms with Crippen molar-refractivity contribution >= 4 is 23.2 Å². The van der Waals surface area contributed by atoms with Gasteiger partial charge in [-0.05, 0) is 17.1 Å². The van der Waals surface area contributed by atoms with E-state index in [0.717, 1.165) is 5.57 Å². The molecule has 14 heavy (non-hydrogen) atoms. The second kappa shape index (κ2) is 3.79. The van der Waals surface area contributed by atoms with Gasteiger partial charge in [0.2, 0.25) is 0 Å². The van der Waals surface area contributed by atoms with Crippen LogP contribution in [-0.2, 0) is 0 Å². The van der Waals surface area contributed by atoms with Crippen molar-refractivity contribution in [2.75, 3.05) is 0 Å². The van der Waals surface area contributed by atoms with Crippen LogP contribution in [0.4, 0.5) is 0 Å². The summed E-state index contributed by atoms with van der Waals surface area (Å²) >= 11 is 12.3. The first-order chi connectivity index (χ1) is 6.25. The van der Waals surface area contributed by atoms with Crippen LogP contribution in [0.25, 0.3) is 0 Å². The molecule has 1 aliphatic rings. The van der Waals surface area contributed by atoms with Gasteiger partial charge in [0.1, 0.15) is 0 Å². The zero-order valence-corrected chi connectivity index (χ0v) is 10.4.